The van der Waals surface area contributed by atoms with Crippen molar-refractivity contribution in [2.45, 2.75) is 13.8 Å². The van der Waals surface area contributed by atoms with E-state index < -0.39 is 4.92 Å². The van der Waals surface area contributed by atoms with Gasteiger partial charge in [0.15, 0.2) is 0 Å². The van der Waals surface area contributed by atoms with E-state index in [0.717, 1.165) is 5.69 Å². The number of benzene rings is 1. The van der Waals surface area contributed by atoms with Crippen LogP contribution < -0.4 is 5.43 Å². The molecule has 7 nitrogen and oxygen atoms in total. The lowest BCUT2D eigenvalue weighted by Crippen LogP contribution is -1.95. The maximum atomic E-state index is 10.8. The van der Waals surface area contributed by atoms with Gasteiger partial charge in [0.1, 0.15) is 5.75 Å². The molecule has 0 saturated heterocycles. The molecule has 0 spiro atoms. The van der Waals surface area contributed by atoms with Crippen molar-refractivity contribution >= 4 is 28.4 Å². The molecule has 0 amide bonds. The highest BCUT2D eigenvalue weighted by Crippen LogP contribution is 2.26. The molecule has 0 bridgehead atoms. The van der Waals surface area contributed by atoms with Gasteiger partial charge in [-0.2, -0.15) is 5.10 Å². The molecule has 2 rings (SSSR count). The van der Waals surface area contributed by atoms with E-state index in [2.05, 4.69) is 15.5 Å². The van der Waals surface area contributed by atoms with Crippen LogP contribution >= 0.6 is 11.3 Å². The number of anilines is 1. The number of hydrazone groups is 1. The van der Waals surface area contributed by atoms with Gasteiger partial charge in [-0.05, 0) is 19.4 Å². The number of hydrogen-bond donors (Lipinski definition) is 2. The van der Waals surface area contributed by atoms with Crippen LogP contribution in [0.15, 0.2) is 22.6 Å². The highest BCUT2D eigenvalue weighted by Gasteiger charge is 2.12. The molecule has 0 aliphatic rings. The highest BCUT2D eigenvalue weighted by atomic mass is 32.1. The van der Waals surface area contributed by atoms with Crippen molar-refractivity contribution in [3.63, 3.8) is 0 Å². The smallest absolute Gasteiger partial charge is 0.270 e. The summed E-state index contributed by atoms with van der Waals surface area (Å²) in [5.41, 5.74) is 4.19. The topological polar surface area (TPSA) is 101 Å². The van der Waals surface area contributed by atoms with Gasteiger partial charge in [0, 0.05) is 23.1 Å². The molecule has 1 heterocycles. The van der Waals surface area contributed by atoms with Gasteiger partial charge in [-0.15, -0.1) is 11.3 Å². The van der Waals surface area contributed by atoms with Crippen LogP contribution in [-0.2, 0) is 0 Å². The minimum atomic E-state index is -0.513. The Bertz CT molecular complexity index is 681. The van der Waals surface area contributed by atoms with E-state index in [0.29, 0.717) is 10.7 Å². The number of non-ortho nitro benzene ring substituents is 1. The lowest BCUT2D eigenvalue weighted by atomic mass is 10.1. The predicted octanol–water partition coefficient (Wildman–Crippen LogP) is 2.82. The van der Waals surface area contributed by atoms with Gasteiger partial charge in [-0.1, -0.05) is 0 Å². The summed E-state index contributed by atoms with van der Waals surface area (Å²) in [7, 11) is 0. The molecule has 0 unspecified atom stereocenters. The molecule has 0 aliphatic heterocycles. The quantitative estimate of drug-likeness (QED) is 0.512. The highest BCUT2D eigenvalue weighted by molar-refractivity contribution is 7.13. The Labute approximate surface area is 118 Å². The summed E-state index contributed by atoms with van der Waals surface area (Å²) < 4.78 is 0. The lowest BCUT2D eigenvalue weighted by Gasteiger charge is -2.03. The van der Waals surface area contributed by atoms with Gasteiger partial charge >= 0.3 is 0 Å². The van der Waals surface area contributed by atoms with Crippen molar-refractivity contribution in [2.75, 3.05) is 5.43 Å². The zero-order chi connectivity index (χ0) is 14.7. The Balaban J connectivity index is 2.21. The summed E-state index contributed by atoms with van der Waals surface area (Å²) in [4.78, 5) is 14.4. The Morgan fingerprint density at radius 3 is 2.85 bits per heavy atom. The molecule has 0 aliphatic carbocycles. The number of aromatic hydroxyl groups is 1. The number of thiazole rings is 1. The van der Waals surface area contributed by atoms with E-state index in [1.54, 1.807) is 6.92 Å². The van der Waals surface area contributed by atoms with Gasteiger partial charge in [0.2, 0.25) is 5.13 Å². The average molecular weight is 292 g/mol. The van der Waals surface area contributed by atoms with Crippen LogP contribution in [0.2, 0.25) is 0 Å². The van der Waals surface area contributed by atoms with Crippen molar-refractivity contribution in [2.24, 2.45) is 5.10 Å². The number of nitro benzene ring substituents is 1. The Kier molecular flexibility index (Phi) is 3.94. The van der Waals surface area contributed by atoms with E-state index in [9.17, 15) is 15.2 Å². The Morgan fingerprint density at radius 2 is 2.25 bits per heavy atom. The first-order valence-electron chi connectivity index (χ1n) is 5.66. The molecule has 1 aromatic heterocycles. The van der Waals surface area contributed by atoms with E-state index in [-0.39, 0.29) is 17.0 Å². The third-order valence-corrected chi connectivity index (χ3v) is 3.37. The third kappa shape index (κ3) is 3.09. The fourth-order valence-corrected chi connectivity index (χ4v) is 2.19. The zero-order valence-electron chi connectivity index (χ0n) is 10.8. The summed E-state index contributed by atoms with van der Waals surface area (Å²) in [6.07, 6.45) is 1.33. The average Bonchev–Trinajstić information content (AvgIpc) is 2.80. The number of phenols is 1. The van der Waals surface area contributed by atoms with Crippen molar-refractivity contribution in [1.82, 2.24) is 4.98 Å². The van der Waals surface area contributed by atoms with Crippen molar-refractivity contribution in [1.29, 1.82) is 0 Å². The minimum Gasteiger partial charge on any atom is -0.507 e. The monoisotopic (exact) mass is 292 g/mol. The molecule has 8 heteroatoms. The summed E-state index contributed by atoms with van der Waals surface area (Å²) >= 11 is 1.39. The second-order valence-corrected chi connectivity index (χ2v) is 4.98. The molecule has 1 aromatic carbocycles. The molecule has 0 fully saturated rings. The summed E-state index contributed by atoms with van der Waals surface area (Å²) in [5, 5.41) is 27.0. The van der Waals surface area contributed by atoms with Crippen molar-refractivity contribution in [3.8, 4) is 5.75 Å². The van der Waals surface area contributed by atoms with Crippen molar-refractivity contribution < 1.29 is 10.0 Å². The number of nitrogens with one attached hydrogen (secondary N) is 1. The molecule has 2 aromatic rings. The first kappa shape index (κ1) is 13.9. The van der Waals surface area contributed by atoms with Crippen LogP contribution in [0.25, 0.3) is 0 Å². The van der Waals surface area contributed by atoms with E-state index in [4.69, 9.17) is 0 Å². The number of rotatable bonds is 4. The molecule has 2 N–H and O–H groups in total. The van der Waals surface area contributed by atoms with Gasteiger partial charge in [0.05, 0.1) is 16.8 Å². The third-order valence-electron chi connectivity index (χ3n) is 2.51. The van der Waals surface area contributed by atoms with Crippen LogP contribution in [0.3, 0.4) is 0 Å². The van der Waals surface area contributed by atoms with Crippen LogP contribution in [0.4, 0.5) is 10.8 Å². The van der Waals surface area contributed by atoms with Gasteiger partial charge in [-0.3, -0.25) is 15.5 Å². The van der Waals surface area contributed by atoms with Crippen LogP contribution in [0, 0.1) is 24.0 Å². The zero-order valence-corrected chi connectivity index (χ0v) is 11.6. The molecule has 20 heavy (non-hydrogen) atoms. The maximum absolute atomic E-state index is 10.8. The molecular weight excluding hydrogens is 280 g/mol. The fraction of sp³-hybridized carbons (Fsp3) is 0.167. The number of nitro groups is 1. The first-order chi connectivity index (χ1) is 9.47. The maximum Gasteiger partial charge on any atom is 0.270 e. The number of nitrogens with zero attached hydrogens (tertiary/aromatic N) is 3. The van der Waals surface area contributed by atoms with E-state index >= 15 is 0 Å². The normalized spacial score (nSPS) is 10.9. The number of phenolic OH excluding ortho intramolecular Hbond substituents is 1. The standard InChI is InChI=1S/C12H12N4O3S/c1-7-3-10(16(18)19)4-9(11(7)17)5-13-15-12-14-8(2)6-20-12/h3-6,17H,1-2H3,(H,14,15). The SMILES string of the molecule is Cc1csc(NN=Cc2cc([N+](=O)[O-])cc(C)c2O)n1. The predicted molar refractivity (Wildman–Crippen MR) is 77.6 cm³/mol. The number of hydrogen-bond acceptors (Lipinski definition) is 7. The summed E-state index contributed by atoms with van der Waals surface area (Å²) in [6, 6.07) is 2.57. The summed E-state index contributed by atoms with van der Waals surface area (Å²) in [6.45, 7) is 3.46. The first-order valence-corrected chi connectivity index (χ1v) is 6.54. The van der Waals surface area contributed by atoms with E-state index in [1.165, 1.54) is 29.7 Å². The second-order valence-electron chi connectivity index (χ2n) is 4.12. The van der Waals surface area contributed by atoms with Gasteiger partial charge < -0.3 is 5.11 Å². The molecule has 0 atom stereocenters. The van der Waals surface area contributed by atoms with Crippen LogP contribution in [0.1, 0.15) is 16.8 Å². The fourth-order valence-electron chi connectivity index (χ4n) is 1.55. The van der Waals surface area contributed by atoms with E-state index in [1.807, 2.05) is 12.3 Å². The van der Waals surface area contributed by atoms with Crippen LogP contribution in [0.5, 0.6) is 5.75 Å². The summed E-state index contributed by atoms with van der Waals surface area (Å²) in [5.74, 6) is -0.0310. The van der Waals surface area contributed by atoms with Crippen molar-refractivity contribution in [3.05, 3.63) is 44.4 Å². The molecule has 104 valence electrons. The molecule has 0 radical (unpaired) electrons. The second kappa shape index (κ2) is 5.66. The molecular formula is C12H12N4O3S. The van der Waals surface area contributed by atoms with Crippen LogP contribution in [-0.4, -0.2) is 21.2 Å². The number of aryl methyl sites for hydroxylation is 2. The largest absolute Gasteiger partial charge is 0.507 e. The Morgan fingerprint density at radius 1 is 1.50 bits per heavy atom. The lowest BCUT2D eigenvalue weighted by molar-refractivity contribution is -0.384. The minimum absolute atomic E-state index is 0.0310. The molecule has 0 saturated carbocycles. The van der Waals surface area contributed by atoms with Gasteiger partial charge in [-0.25, -0.2) is 4.98 Å². The van der Waals surface area contributed by atoms with Gasteiger partial charge in [0.25, 0.3) is 5.69 Å². The number of aromatic nitrogens is 1. The Hall–Kier alpha value is -2.48.